The zero-order valence-electron chi connectivity index (χ0n) is 8.92. The molecule has 15 heavy (non-hydrogen) atoms. The van der Waals surface area contributed by atoms with E-state index in [9.17, 15) is 4.39 Å². The predicted molar refractivity (Wildman–Crippen MR) is 61.9 cm³/mol. The lowest BCUT2D eigenvalue weighted by Gasteiger charge is -2.10. The average molecular weight is 209 g/mol. The fraction of sp³-hybridized carbons (Fsp3) is 0.250. The predicted octanol–water partition coefficient (Wildman–Crippen LogP) is 3.19. The first kappa shape index (κ1) is 13.5. The molecule has 0 aliphatic rings. The third-order valence-corrected chi connectivity index (χ3v) is 1.72. The van der Waals surface area contributed by atoms with Gasteiger partial charge in [0.15, 0.2) is 0 Å². The van der Waals surface area contributed by atoms with E-state index >= 15 is 0 Å². The normalized spacial score (nSPS) is 13.1. The van der Waals surface area contributed by atoms with Crippen molar-refractivity contribution in [2.24, 2.45) is 0 Å². The van der Waals surface area contributed by atoms with E-state index in [1.807, 2.05) is 0 Å². The van der Waals surface area contributed by atoms with E-state index in [0.29, 0.717) is 0 Å². The van der Waals surface area contributed by atoms with Crippen LogP contribution >= 0.6 is 0 Å². The Hall–Kier alpha value is -1.48. The molecule has 0 saturated carbocycles. The fourth-order valence-electron chi connectivity index (χ4n) is 0.833. The van der Waals surface area contributed by atoms with Gasteiger partial charge in [-0.3, -0.25) is 0 Å². The van der Waals surface area contributed by atoms with E-state index in [1.54, 1.807) is 13.0 Å². The lowest BCUT2D eigenvalue weighted by molar-refractivity contribution is 0.131. The molecule has 1 unspecified atom stereocenters. The van der Waals surface area contributed by atoms with Crippen molar-refractivity contribution < 1.29 is 9.13 Å². The van der Waals surface area contributed by atoms with Crippen molar-refractivity contribution in [3.63, 3.8) is 0 Å². The molecule has 3 heteroatoms. The highest BCUT2D eigenvalue weighted by atomic mass is 19.1. The number of halogens is 1. The molecule has 0 aromatic rings. The average Bonchev–Trinajstić information content (AvgIpc) is 2.21. The molecule has 0 fully saturated rings. The maximum absolute atomic E-state index is 12.9. The Morgan fingerprint density at radius 2 is 2.13 bits per heavy atom. The minimum Gasteiger partial charge on any atom is -0.368 e. The second-order valence-electron chi connectivity index (χ2n) is 2.95. The van der Waals surface area contributed by atoms with Crippen molar-refractivity contribution in [3.8, 4) is 0 Å². The first-order valence-corrected chi connectivity index (χ1v) is 4.52. The summed E-state index contributed by atoms with van der Waals surface area (Å²) in [5.41, 5.74) is 0.150. The molecular weight excluding hydrogens is 193 g/mol. The van der Waals surface area contributed by atoms with Gasteiger partial charge in [0, 0.05) is 5.57 Å². The van der Waals surface area contributed by atoms with Crippen LogP contribution in [0, 0.1) is 5.41 Å². The molecular formula is C12H16FNO. The molecule has 2 nitrogen and oxygen atoms in total. The Bertz CT molecular complexity index is 305. The highest BCUT2D eigenvalue weighted by Crippen LogP contribution is 2.11. The summed E-state index contributed by atoms with van der Waals surface area (Å²) in [6.07, 6.45) is 4.25. The largest absolute Gasteiger partial charge is 0.368 e. The summed E-state index contributed by atoms with van der Waals surface area (Å²) in [6, 6.07) is 0. The van der Waals surface area contributed by atoms with Gasteiger partial charge < -0.3 is 10.1 Å². The molecule has 0 saturated heterocycles. The molecule has 0 radical (unpaired) electrons. The number of rotatable bonds is 7. The minimum atomic E-state index is -0.658. The SMILES string of the molecule is C=C/C=C(\C(=C)F)C(=N)COC(C)C=C. The zero-order chi connectivity index (χ0) is 11.8. The van der Waals surface area contributed by atoms with E-state index in [0.717, 1.165) is 0 Å². The van der Waals surface area contributed by atoms with Crippen LogP contribution in [0.2, 0.25) is 0 Å². The Kier molecular flexibility index (Phi) is 6.22. The molecule has 0 amide bonds. The van der Waals surface area contributed by atoms with Gasteiger partial charge in [-0.15, -0.1) is 6.58 Å². The quantitative estimate of drug-likeness (QED) is 0.390. The van der Waals surface area contributed by atoms with Crippen molar-refractivity contribution in [2.75, 3.05) is 6.61 Å². The standard InChI is InChI=1S/C12H16FNO/c1-5-7-11(10(4)13)12(14)8-15-9(3)6-2/h5-7,9,14H,1-2,4,8H2,3H3/b11-7+,14-12?. The van der Waals surface area contributed by atoms with Crippen LogP contribution in [-0.2, 0) is 4.74 Å². The van der Waals surface area contributed by atoms with E-state index in [2.05, 4.69) is 19.7 Å². The summed E-state index contributed by atoms with van der Waals surface area (Å²) in [6.45, 7) is 11.9. The maximum atomic E-state index is 12.9. The van der Waals surface area contributed by atoms with Gasteiger partial charge in [0.25, 0.3) is 0 Å². The van der Waals surface area contributed by atoms with Crippen LogP contribution in [-0.4, -0.2) is 18.4 Å². The Morgan fingerprint density at radius 1 is 1.53 bits per heavy atom. The Morgan fingerprint density at radius 3 is 2.53 bits per heavy atom. The Balaban J connectivity index is 4.41. The van der Waals surface area contributed by atoms with Crippen LogP contribution < -0.4 is 0 Å². The van der Waals surface area contributed by atoms with E-state index in [-0.39, 0.29) is 24.0 Å². The highest BCUT2D eigenvalue weighted by molar-refractivity contribution is 6.02. The summed E-state index contributed by atoms with van der Waals surface area (Å²) in [7, 11) is 0. The van der Waals surface area contributed by atoms with E-state index in [1.165, 1.54) is 12.2 Å². The van der Waals surface area contributed by atoms with Crippen molar-refractivity contribution >= 4 is 5.71 Å². The van der Waals surface area contributed by atoms with Crippen LogP contribution in [0.4, 0.5) is 4.39 Å². The van der Waals surface area contributed by atoms with Crippen molar-refractivity contribution in [1.82, 2.24) is 0 Å². The van der Waals surface area contributed by atoms with E-state index in [4.69, 9.17) is 10.1 Å². The van der Waals surface area contributed by atoms with Crippen molar-refractivity contribution in [3.05, 3.63) is 49.4 Å². The van der Waals surface area contributed by atoms with Crippen molar-refractivity contribution in [1.29, 1.82) is 5.41 Å². The molecule has 0 heterocycles. The lowest BCUT2D eigenvalue weighted by Crippen LogP contribution is -2.15. The van der Waals surface area contributed by atoms with Crippen LogP contribution in [0.3, 0.4) is 0 Å². The number of hydrogen-bond acceptors (Lipinski definition) is 2. The highest BCUT2D eigenvalue weighted by Gasteiger charge is 2.09. The second-order valence-corrected chi connectivity index (χ2v) is 2.95. The third-order valence-electron chi connectivity index (χ3n) is 1.72. The molecule has 1 N–H and O–H groups in total. The molecule has 0 bridgehead atoms. The smallest absolute Gasteiger partial charge is 0.125 e. The first-order valence-electron chi connectivity index (χ1n) is 4.52. The van der Waals surface area contributed by atoms with Gasteiger partial charge >= 0.3 is 0 Å². The minimum absolute atomic E-state index is 0.0236. The fourth-order valence-corrected chi connectivity index (χ4v) is 0.833. The summed E-state index contributed by atoms with van der Waals surface area (Å²) >= 11 is 0. The lowest BCUT2D eigenvalue weighted by atomic mass is 10.1. The van der Waals surface area contributed by atoms with Gasteiger partial charge in [0.2, 0.25) is 0 Å². The van der Waals surface area contributed by atoms with E-state index < -0.39 is 5.83 Å². The van der Waals surface area contributed by atoms with Crippen LogP contribution in [0.15, 0.2) is 49.4 Å². The van der Waals surface area contributed by atoms with Gasteiger partial charge in [0.1, 0.15) is 5.83 Å². The summed E-state index contributed by atoms with van der Waals surface area (Å²) in [4.78, 5) is 0. The first-order chi connectivity index (χ1) is 7.02. The van der Waals surface area contributed by atoms with Crippen LogP contribution in [0.25, 0.3) is 0 Å². The molecule has 0 spiro atoms. The second kappa shape index (κ2) is 6.90. The zero-order valence-corrected chi connectivity index (χ0v) is 8.92. The van der Waals surface area contributed by atoms with Gasteiger partial charge in [-0.1, -0.05) is 31.4 Å². The van der Waals surface area contributed by atoms with Gasteiger partial charge in [-0.05, 0) is 6.92 Å². The van der Waals surface area contributed by atoms with Gasteiger partial charge in [-0.2, -0.15) is 0 Å². The molecule has 82 valence electrons. The number of ether oxygens (including phenoxy) is 1. The summed E-state index contributed by atoms with van der Waals surface area (Å²) in [5, 5.41) is 7.57. The molecule has 0 aromatic carbocycles. The summed E-state index contributed by atoms with van der Waals surface area (Å²) < 4.78 is 18.1. The van der Waals surface area contributed by atoms with Crippen molar-refractivity contribution in [2.45, 2.75) is 13.0 Å². The molecule has 0 rings (SSSR count). The van der Waals surface area contributed by atoms with Gasteiger partial charge in [0.05, 0.1) is 18.4 Å². The third kappa shape index (κ3) is 5.08. The molecule has 0 aromatic heterocycles. The Labute approximate surface area is 90.0 Å². The number of hydrogen-bond donors (Lipinski definition) is 1. The molecule has 1 atom stereocenters. The topological polar surface area (TPSA) is 33.1 Å². The maximum Gasteiger partial charge on any atom is 0.125 e. The van der Waals surface area contributed by atoms with Gasteiger partial charge in [-0.25, -0.2) is 4.39 Å². The molecule has 0 aliphatic heterocycles. The van der Waals surface area contributed by atoms with Crippen LogP contribution in [0.5, 0.6) is 0 Å². The van der Waals surface area contributed by atoms with Crippen LogP contribution in [0.1, 0.15) is 6.92 Å². The molecule has 0 aliphatic carbocycles. The number of allylic oxidation sites excluding steroid dienone is 3. The monoisotopic (exact) mass is 209 g/mol. The summed E-state index contributed by atoms with van der Waals surface area (Å²) in [5.74, 6) is -0.658. The number of nitrogens with one attached hydrogen (secondary N) is 1.